The number of hydrogen-bond acceptors (Lipinski definition) is 3. The summed E-state index contributed by atoms with van der Waals surface area (Å²) in [5.74, 6) is -0.858. The molecule has 0 aromatic heterocycles. The number of aliphatic carboxylic acids is 1. The number of methoxy groups -OCH3 is 1. The molecule has 0 saturated carbocycles. The fraction of sp³-hybridized carbons (Fsp3) is 0.818. The number of carbonyl (C=O) groups excluding carboxylic acids is 1. The molecule has 0 bridgehead atoms. The lowest BCUT2D eigenvalue weighted by Gasteiger charge is -2.22. The molecule has 2 unspecified atom stereocenters. The van der Waals surface area contributed by atoms with E-state index in [0.717, 1.165) is 0 Å². The van der Waals surface area contributed by atoms with Gasteiger partial charge in [0.1, 0.15) is 0 Å². The molecular weight excluding hydrogens is 224 g/mol. The summed E-state index contributed by atoms with van der Waals surface area (Å²) in [6.45, 7) is 5.96. The average molecular weight is 246 g/mol. The van der Waals surface area contributed by atoms with E-state index in [-0.39, 0.29) is 30.5 Å². The van der Waals surface area contributed by atoms with Gasteiger partial charge in [-0.2, -0.15) is 0 Å². The molecule has 2 atom stereocenters. The van der Waals surface area contributed by atoms with Crippen molar-refractivity contribution in [2.75, 3.05) is 13.7 Å². The monoisotopic (exact) mass is 246 g/mol. The van der Waals surface area contributed by atoms with Crippen molar-refractivity contribution in [2.24, 2.45) is 5.92 Å². The number of nitrogens with one attached hydrogen (secondary N) is 2. The van der Waals surface area contributed by atoms with E-state index in [0.29, 0.717) is 6.61 Å². The van der Waals surface area contributed by atoms with E-state index in [1.807, 2.05) is 20.8 Å². The molecule has 0 heterocycles. The van der Waals surface area contributed by atoms with Gasteiger partial charge in [-0.3, -0.25) is 4.79 Å². The average Bonchev–Trinajstić information content (AvgIpc) is 2.15. The van der Waals surface area contributed by atoms with Crippen LogP contribution in [0.2, 0.25) is 0 Å². The second kappa shape index (κ2) is 7.89. The largest absolute Gasteiger partial charge is 0.481 e. The Labute approximate surface area is 102 Å². The molecule has 0 saturated heterocycles. The van der Waals surface area contributed by atoms with Crippen LogP contribution in [-0.4, -0.2) is 42.9 Å². The normalized spacial score (nSPS) is 14.2. The second-order valence-electron chi connectivity index (χ2n) is 4.42. The van der Waals surface area contributed by atoms with Gasteiger partial charge in [0, 0.05) is 13.2 Å². The zero-order chi connectivity index (χ0) is 13.4. The van der Waals surface area contributed by atoms with Crippen LogP contribution in [0.15, 0.2) is 0 Å². The molecule has 0 aromatic carbocycles. The minimum absolute atomic E-state index is 0.0644. The smallest absolute Gasteiger partial charge is 0.315 e. The molecule has 0 aliphatic rings. The Kier molecular flexibility index (Phi) is 7.29. The summed E-state index contributed by atoms with van der Waals surface area (Å²) in [4.78, 5) is 22.2. The molecule has 2 amide bonds. The van der Waals surface area contributed by atoms with Gasteiger partial charge < -0.3 is 20.5 Å². The molecule has 3 N–H and O–H groups in total. The molecule has 0 spiro atoms. The molecule has 0 aromatic rings. The lowest BCUT2D eigenvalue weighted by atomic mass is 10.0. The highest BCUT2D eigenvalue weighted by molar-refractivity contribution is 5.76. The summed E-state index contributed by atoms with van der Waals surface area (Å²) in [7, 11) is 1.55. The quantitative estimate of drug-likeness (QED) is 0.620. The van der Waals surface area contributed by atoms with Gasteiger partial charge in [-0.1, -0.05) is 13.8 Å². The Morgan fingerprint density at radius 1 is 1.24 bits per heavy atom. The number of urea groups is 1. The predicted molar refractivity (Wildman–Crippen MR) is 63.9 cm³/mol. The first-order valence-electron chi connectivity index (χ1n) is 5.64. The van der Waals surface area contributed by atoms with Gasteiger partial charge in [0.2, 0.25) is 0 Å². The van der Waals surface area contributed by atoms with Gasteiger partial charge in [-0.05, 0) is 12.8 Å². The van der Waals surface area contributed by atoms with Crippen LogP contribution in [0.5, 0.6) is 0 Å². The summed E-state index contributed by atoms with van der Waals surface area (Å²) in [6, 6.07) is -0.852. The van der Waals surface area contributed by atoms with Crippen LogP contribution in [0.3, 0.4) is 0 Å². The third-order valence-corrected chi connectivity index (χ3v) is 2.31. The topological polar surface area (TPSA) is 87.7 Å². The van der Waals surface area contributed by atoms with E-state index in [9.17, 15) is 9.59 Å². The van der Waals surface area contributed by atoms with Crippen LogP contribution in [0.4, 0.5) is 4.79 Å². The Balaban J connectivity index is 4.16. The highest BCUT2D eigenvalue weighted by atomic mass is 16.5. The van der Waals surface area contributed by atoms with Crippen molar-refractivity contribution in [2.45, 2.75) is 39.3 Å². The van der Waals surface area contributed by atoms with E-state index in [1.165, 1.54) is 0 Å². The van der Waals surface area contributed by atoms with E-state index < -0.39 is 5.97 Å². The van der Waals surface area contributed by atoms with Crippen LogP contribution in [-0.2, 0) is 9.53 Å². The number of carboxylic acids is 1. The number of hydrogen-bond donors (Lipinski definition) is 3. The molecule has 0 radical (unpaired) electrons. The second-order valence-corrected chi connectivity index (χ2v) is 4.42. The molecule has 0 fully saturated rings. The molecule has 0 aliphatic heterocycles. The van der Waals surface area contributed by atoms with E-state index in [1.54, 1.807) is 7.11 Å². The molecule has 17 heavy (non-hydrogen) atoms. The maximum absolute atomic E-state index is 11.6. The van der Waals surface area contributed by atoms with E-state index in [4.69, 9.17) is 9.84 Å². The van der Waals surface area contributed by atoms with E-state index >= 15 is 0 Å². The van der Waals surface area contributed by atoms with Gasteiger partial charge >= 0.3 is 12.0 Å². The fourth-order valence-corrected chi connectivity index (χ4v) is 1.37. The van der Waals surface area contributed by atoms with Gasteiger partial charge in [-0.15, -0.1) is 0 Å². The predicted octanol–water partition coefficient (Wildman–Crippen LogP) is 0.820. The van der Waals surface area contributed by atoms with Gasteiger partial charge in [0.05, 0.1) is 19.1 Å². The first-order chi connectivity index (χ1) is 7.86. The van der Waals surface area contributed by atoms with Crippen molar-refractivity contribution >= 4 is 12.0 Å². The summed E-state index contributed by atoms with van der Waals surface area (Å²) in [5, 5.41) is 14.0. The Hall–Kier alpha value is -1.30. The van der Waals surface area contributed by atoms with Crippen LogP contribution < -0.4 is 10.6 Å². The molecule has 6 heteroatoms. The van der Waals surface area contributed by atoms with Crippen molar-refractivity contribution in [1.29, 1.82) is 0 Å². The Morgan fingerprint density at radius 3 is 2.24 bits per heavy atom. The van der Waals surface area contributed by atoms with Gasteiger partial charge in [0.15, 0.2) is 0 Å². The minimum atomic E-state index is -0.922. The van der Waals surface area contributed by atoms with Crippen molar-refractivity contribution in [3.05, 3.63) is 0 Å². The van der Waals surface area contributed by atoms with Crippen molar-refractivity contribution < 1.29 is 19.4 Å². The zero-order valence-corrected chi connectivity index (χ0v) is 10.8. The van der Waals surface area contributed by atoms with Crippen molar-refractivity contribution in [3.8, 4) is 0 Å². The molecule has 0 rings (SSSR count). The lowest BCUT2D eigenvalue weighted by Crippen LogP contribution is -2.48. The zero-order valence-electron chi connectivity index (χ0n) is 10.8. The summed E-state index contributed by atoms with van der Waals surface area (Å²) >= 11 is 0. The van der Waals surface area contributed by atoms with Crippen LogP contribution >= 0.6 is 0 Å². The summed E-state index contributed by atoms with van der Waals surface area (Å²) in [5.41, 5.74) is 0. The number of rotatable bonds is 7. The van der Waals surface area contributed by atoms with Crippen molar-refractivity contribution in [3.63, 3.8) is 0 Å². The molecular formula is C11H22N2O4. The van der Waals surface area contributed by atoms with Crippen LogP contribution in [0.25, 0.3) is 0 Å². The molecule has 0 aliphatic carbocycles. The third kappa shape index (κ3) is 7.57. The molecule has 100 valence electrons. The number of ether oxygens (including phenoxy) is 1. The fourth-order valence-electron chi connectivity index (χ4n) is 1.37. The number of carboxylic acid groups (broad SMARTS) is 1. The first-order valence-corrected chi connectivity index (χ1v) is 5.64. The number of amides is 2. The Morgan fingerprint density at radius 2 is 1.82 bits per heavy atom. The van der Waals surface area contributed by atoms with E-state index in [2.05, 4.69) is 10.6 Å². The lowest BCUT2D eigenvalue weighted by molar-refractivity contribution is -0.137. The van der Waals surface area contributed by atoms with Crippen LogP contribution in [0, 0.1) is 5.92 Å². The summed E-state index contributed by atoms with van der Waals surface area (Å²) < 4.78 is 4.88. The highest BCUT2D eigenvalue weighted by Gasteiger charge is 2.19. The number of carbonyl (C=O) groups is 2. The third-order valence-electron chi connectivity index (χ3n) is 2.31. The van der Waals surface area contributed by atoms with Crippen LogP contribution in [0.1, 0.15) is 27.2 Å². The van der Waals surface area contributed by atoms with Crippen molar-refractivity contribution in [1.82, 2.24) is 10.6 Å². The minimum Gasteiger partial charge on any atom is -0.481 e. The van der Waals surface area contributed by atoms with Gasteiger partial charge in [-0.25, -0.2) is 4.79 Å². The standard InChI is InChI=1S/C11H22N2O4/c1-7(2)9(5-10(14)15)13-11(16)12-8(3)6-17-4/h7-9H,5-6H2,1-4H3,(H,14,15)(H2,12,13,16). The van der Waals surface area contributed by atoms with Gasteiger partial charge in [0.25, 0.3) is 0 Å². The first kappa shape index (κ1) is 15.7. The summed E-state index contributed by atoms with van der Waals surface area (Å²) in [6.07, 6.45) is -0.0796. The highest BCUT2D eigenvalue weighted by Crippen LogP contribution is 2.05. The maximum Gasteiger partial charge on any atom is 0.315 e. The Bertz CT molecular complexity index is 256. The molecule has 6 nitrogen and oxygen atoms in total. The maximum atomic E-state index is 11.6. The SMILES string of the molecule is COCC(C)NC(=O)NC(CC(=O)O)C(C)C.